The Hall–Kier alpha value is -2.22. The molecule has 142 valence electrons. The molecule has 4 rings (SSSR count). The summed E-state index contributed by atoms with van der Waals surface area (Å²) in [6.07, 6.45) is 2.35. The Labute approximate surface area is 163 Å². The number of fused-ring (bicyclic) bond motifs is 5. The van der Waals surface area contributed by atoms with Gasteiger partial charge in [-0.1, -0.05) is 6.08 Å². The van der Waals surface area contributed by atoms with Gasteiger partial charge in [-0.25, -0.2) is 0 Å². The highest BCUT2D eigenvalue weighted by Crippen LogP contribution is 2.51. The predicted octanol–water partition coefficient (Wildman–Crippen LogP) is 6.70. The van der Waals surface area contributed by atoms with E-state index in [2.05, 4.69) is 73.7 Å². The van der Waals surface area contributed by atoms with Gasteiger partial charge in [-0.05, 0) is 107 Å². The zero-order valence-corrected chi connectivity index (χ0v) is 18.2. The van der Waals surface area contributed by atoms with Crippen molar-refractivity contribution in [2.24, 2.45) is 0 Å². The first-order chi connectivity index (χ1) is 12.5. The molecule has 2 heteroatoms. The smallest absolute Gasteiger partial charge is 0.131 e. The molecule has 0 saturated carbocycles. The standard InChI is InChI=1S/C25H31NO/c1-12-10-25(8,9)26-23-17(6)16(5)21-19(20(12)23)11-27-24-18(7)14(3)13(2)15(4)22(21)24/h10,26H,11H2,1-9H3. The van der Waals surface area contributed by atoms with E-state index in [0.29, 0.717) is 6.61 Å². The predicted molar refractivity (Wildman–Crippen MR) is 116 cm³/mol. The number of benzene rings is 2. The van der Waals surface area contributed by atoms with Crippen molar-refractivity contribution in [1.29, 1.82) is 0 Å². The van der Waals surface area contributed by atoms with E-state index in [4.69, 9.17) is 4.74 Å². The molecule has 0 unspecified atom stereocenters. The van der Waals surface area contributed by atoms with E-state index in [9.17, 15) is 0 Å². The fourth-order valence-electron chi connectivity index (χ4n) is 5.01. The number of hydrogen-bond donors (Lipinski definition) is 1. The molecule has 2 aliphatic heterocycles. The summed E-state index contributed by atoms with van der Waals surface area (Å²) in [6, 6.07) is 0. The maximum Gasteiger partial charge on any atom is 0.131 e. The van der Waals surface area contributed by atoms with Crippen LogP contribution < -0.4 is 10.1 Å². The summed E-state index contributed by atoms with van der Waals surface area (Å²) in [6.45, 7) is 20.8. The van der Waals surface area contributed by atoms with Crippen LogP contribution in [0.2, 0.25) is 0 Å². The fourth-order valence-corrected chi connectivity index (χ4v) is 5.01. The summed E-state index contributed by atoms with van der Waals surface area (Å²) in [5.74, 6) is 1.08. The van der Waals surface area contributed by atoms with Gasteiger partial charge < -0.3 is 10.1 Å². The lowest BCUT2D eigenvalue weighted by molar-refractivity contribution is 0.299. The number of nitrogens with one attached hydrogen (secondary N) is 1. The molecule has 0 bridgehead atoms. The normalized spacial score (nSPS) is 16.6. The highest BCUT2D eigenvalue weighted by atomic mass is 16.5. The van der Waals surface area contributed by atoms with Crippen LogP contribution in [0.5, 0.6) is 5.75 Å². The van der Waals surface area contributed by atoms with Crippen molar-refractivity contribution >= 4 is 11.3 Å². The van der Waals surface area contributed by atoms with Gasteiger partial charge >= 0.3 is 0 Å². The molecule has 2 nitrogen and oxygen atoms in total. The van der Waals surface area contributed by atoms with Gasteiger partial charge in [-0.2, -0.15) is 0 Å². The van der Waals surface area contributed by atoms with Crippen LogP contribution in [0.4, 0.5) is 5.69 Å². The summed E-state index contributed by atoms with van der Waals surface area (Å²) in [5.41, 5.74) is 16.0. The quantitative estimate of drug-likeness (QED) is 0.563. The first-order valence-electron chi connectivity index (χ1n) is 9.92. The van der Waals surface area contributed by atoms with Crippen LogP contribution in [-0.4, -0.2) is 5.54 Å². The Morgan fingerprint density at radius 3 is 2.00 bits per heavy atom. The lowest BCUT2D eigenvalue weighted by Gasteiger charge is -2.37. The molecular weight excluding hydrogens is 330 g/mol. The molecule has 0 aliphatic carbocycles. The van der Waals surface area contributed by atoms with Crippen LogP contribution >= 0.6 is 0 Å². The molecule has 2 aliphatic rings. The second-order valence-electron chi connectivity index (χ2n) is 9.02. The van der Waals surface area contributed by atoms with Crippen molar-refractivity contribution in [3.63, 3.8) is 0 Å². The average molecular weight is 362 g/mol. The Morgan fingerprint density at radius 1 is 0.741 bits per heavy atom. The summed E-state index contributed by atoms with van der Waals surface area (Å²) >= 11 is 0. The third kappa shape index (κ3) is 2.38. The zero-order chi connectivity index (χ0) is 19.8. The van der Waals surface area contributed by atoms with Gasteiger partial charge in [0.2, 0.25) is 0 Å². The number of hydrogen-bond acceptors (Lipinski definition) is 2. The van der Waals surface area contributed by atoms with Gasteiger partial charge in [-0.3, -0.25) is 0 Å². The lowest BCUT2D eigenvalue weighted by atomic mass is 9.78. The highest BCUT2D eigenvalue weighted by molar-refractivity contribution is 5.94. The van der Waals surface area contributed by atoms with E-state index in [1.165, 1.54) is 66.9 Å². The van der Waals surface area contributed by atoms with Crippen LogP contribution in [0.15, 0.2) is 6.08 Å². The summed E-state index contributed by atoms with van der Waals surface area (Å²) in [4.78, 5) is 0. The van der Waals surface area contributed by atoms with Crippen LogP contribution in [-0.2, 0) is 6.61 Å². The van der Waals surface area contributed by atoms with E-state index in [-0.39, 0.29) is 5.54 Å². The molecule has 2 aromatic rings. The van der Waals surface area contributed by atoms with E-state index in [0.717, 1.165) is 5.75 Å². The van der Waals surface area contributed by atoms with Crippen molar-refractivity contribution in [1.82, 2.24) is 0 Å². The largest absolute Gasteiger partial charge is 0.488 e. The molecule has 0 spiro atoms. The monoisotopic (exact) mass is 361 g/mol. The Kier molecular flexibility index (Phi) is 3.79. The Morgan fingerprint density at radius 2 is 1.33 bits per heavy atom. The summed E-state index contributed by atoms with van der Waals surface area (Å²) in [7, 11) is 0. The molecular formula is C25H31NO. The van der Waals surface area contributed by atoms with Crippen LogP contribution in [0.3, 0.4) is 0 Å². The lowest BCUT2D eigenvalue weighted by Crippen LogP contribution is -2.33. The molecule has 0 atom stereocenters. The minimum Gasteiger partial charge on any atom is -0.488 e. The van der Waals surface area contributed by atoms with Crippen molar-refractivity contribution < 1.29 is 4.74 Å². The number of rotatable bonds is 0. The van der Waals surface area contributed by atoms with Crippen molar-refractivity contribution in [2.45, 2.75) is 74.5 Å². The molecule has 2 heterocycles. The van der Waals surface area contributed by atoms with Gasteiger partial charge in [0, 0.05) is 22.4 Å². The number of anilines is 1. The molecule has 1 N–H and O–H groups in total. The third-order valence-corrected chi connectivity index (χ3v) is 6.83. The van der Waals surface area contributed by atoms with E-state index in [1.807, 2.05) is 0 Å². The minimum atomic E-state index is -0.0316. The first kappa shape index (κ1) is 18.2. The molecule has 0 radical (unpaired) electrons. The maximum absolute atomic E-state index is 6.40. The van der Waals surface area contributed by atoms with E-state index < -0.39 is 0 Å². The van der Waals surface area contributed by atoms with Crippen molar-refractivity contribution in [3.05, 3.63) is 50.6 Å². The first-order valence-corrected chi connectivity index (χ1v) is 9.92. The zero-order valence-electron chi connectivity index (χ0n) is 18.2. The summed E-state index contributed by atoms with van der Waals surface area (Å²) < 4.78 is 6.40. The molecule has 2 aromatic carbocycles. The van der Waals surface area contributed by atoms with Crippen LogP contribution in [0.1, 0.15) is 65.3 Å². The van der Waals surface area contributed by atoms with Gasteiger partial charge in [0.15, 0.2) is 0 Å². The second kappa shape index (κ2) is 5.64. The van der Waals surface area contributed by atoms with Gasteiger partial charge in [0.05, 0.1) is 5.54 Å². The fraction of sp³-hybridized carbons (Fsp3) is 0.440. The van der Waals surface area contributed by atoms with Crippen molar-refractivity contribution in [2.75, 3.05) is 5.32 Å². The maximum atomic E-state index is 6.40. The average Bonchev–Trinajstić information content (AvgIpc) is 2.60. The number of allylic oxidation sites excluding steroid dienone is 1. The Balaban J connectivity index is 2.14. The van der Waals surface area contributed by atoms with Gasteiger partial charge in [0.1, 0.15) is 12.4 Å². The molecule has 0 amide bonds. The van der Waals surface area contributed by atoms with Crippen LogP contribution in [0.25, 0.3) is 16.7 Å². The van der Waals surface area contributed by atoms with Gasteiger partial charge in [0.25, 0.3) is 0 Å². The van der Waals surface area contributed by atoms with Crippen molar-refractivity contribution in [3.8, 4) is 16.9 Å². The SMILES string of the molecule is CC1=CC(C)(C)Nc2c(C)c(C)c3c(c21)COc1c(C)c(C)c(C)c(C)c1-3. The third-order valence-electron chi connectivity index (χ3n) is 6.83. The topological polar surface area (TPSA) is 21.3 Å². The molecule has 27 heavy (non-hydrogen) atoms. The molecule has 0 fully saturated rings. The van der Waals surface area contributed by atoms with Gasteiger partial charge in [-0.15, -0.1) is 0 Å². The second-order valence-corrected chi connectivity index (χ2v) is 9.02. The minimum absolute atomic E-state index is 0.0316. The summed E-state index contributed by atoms with van der Waals surface area (Å²) in [5, 5.41) is 3.76. The Bertz CT molecular complexity index is 1040. The molecule has 0 saturated heterocycles. The van der Waals surface area contributed by atoms with Crippen LogP contribution in [0, 0.1) is 41.5 Å². The molecule has 0 aromatic heterocycles. The highest BCUT2D eigenvalue weighted by Gasteiger charge is 2.33. The van der Waals surface area contributed by atoms with E-state index in [1.54, 1.807) is 0 Å². The number of ether oxygens (including phenoxy) is 1. The van der Waals surface area contributed by atoms with E-state index >= 15 is 0 Å².